The maximum Gasteiger partial charge on any atom is 0.310 e. The highest BCUT2D eigenvalue weighted by Crippen LogP contribution is 2.58. The summed E-state index contributed by atoms with van der Waals surface area (Å²) in [5.41, 5.74) is -0.820. The molecule has 1 fully saturated rings. The minimum Gasteiger partial charge on any atom is -0.481 e. The first-order valence-electron chi connectivity index (χ1n) is 5.36. The molecule has 2 N–H and O–H groups in total. The van der Waals surface area contributed by atoms with Crippen LogP contribution in [0, 0.1) is 17.3 Å². The first-order chi connectivity index (χ1) is 6.82. The van der Waals surface area contributed by atoms with Crippen molar-refractivity contribution in [3.05, 3.63) is 0 Å². The average molecular weight is 213 g/mol. The Morgan fingerprint density at radius 1 is 1.33 bits per heavy atom. The molecule has 1 aliphatic carbocycles. The van der Waals surface area contributed by atoms with Crippen molar-refractivity contribution in [3.63, 3.8) is 0 Å². The standard InChI is InChI=1S/C11H19NO3/c1-6(2)11(10(14)15)5-8(11)9(13)12-7(3)4/h6-8H,5H2,1-4H3,(H,12,13)(H,14,15). The van der Waals surface area contributed by atoms with Crippen molar-refractivity contribution in [2.75, 3.05) is 0 Å². The fourth-order valence-corrected chi connectivity index (χ4v) is 2.11. The van der Waals surface area contributed by atoms with E-state index >= 15 is 0 Å². The minimum absolute atomic E-state index is 0.00193. The number of carboxylic acids is 1. The van der Waals surface area contributed by atoms with Crippen molar-refractivity contribution in [1.29, 1.82) is 0 Å². The van der Waals surface area contributed by atoms with E-state index in [-0.39, 0.29) is 23.8 Å². The number of carbonyl (C=O) groups is 2. The lowest BCUT2D eigenvalue weighted by Gasteiger charge is -2.17. The molecule has 2 atom stereocenters. The molecule has 1 aliphatic rings. The van der Waals surface area contributed by atoms with Crippen molar-refractivity contribution < 1.29 is 14.7 Å². The van der Waals surface area contributed by atoms with Gasteiger partial charge in [0.1, 0.15) is 0 Å². The van der Waals surface area contributed by atoms with Crippen LogP contribution in [0.2, 0.25) is 0 Å². The summed E-state index contributed by atoms with van der Waals surface area (Å²) in [4.78, 5) is 22.8. The molecule has 0 aliphatic heterocycles. The van der Waals surface area contributed by atoms with Crippen LogP contribution in [0.3, 0.4) is 0 Å². The molecule has 1 saturated carbocycles. The van der Waals surface area contributed by atoms with Crippen LogP contribution in [-0.4, -0.2) is 23.0 Å². The molecule has 15 heavy (non-hydrogen) atoms. The molecule has 0 aromatic carbocycles. The Labute approximate surface area is 90.0 Å². The van der Waals surface area contributed by atoms with Crippen LogP contribution >= 0.6 is 0 Å². The van der Waals surface area contributed by atoms with Gasteiger partial charge in [-0.05, 0) is 26.2 Å². The molecule has 4 heteroatoms. The second kappa shape index (κ2) is 3.83. The molecule has 0 spiro atoms. The Bertz CT molecular complexity index is 286. The lowest BCUT2D eigenvalue weighted by Crippen LogP contribution is -2.35. The lowest BCUT2D eigenvalue weighted by atomic mass is 9.89. The Morgan fingerprint density at radius 2 is 1.87 bits per heavy atom. The predicted molar refractivity (Wildman–Crippen MR) is 56.3 cm³/mol. The van der Waals surface area contributed by atoms with Crippen molar-refractivity contribution in [2.45, 2.75) is 40.2 Å². The normalized spacial score (nSPS) is 29.3. The van der Waals surface area contributed by atoms with Gasteiger partial charge in [0, 0.05) is 6.04 Å². The van der Waals surface area contributed by atoms with Crippen molar-refractivity contribution >= 4 is 11.9 Å². The number of rotatable bonds is 4. The topological polar surface area (TPSA) is 66.4 Å². The molecule has 0 bridgehead atoms. The molecule has 4 nitrogen and oxygen atoms in total. The maximum atomic E-state index is 11.7. The molecular formula is C11H19NO3. The third kappa shape index (κ3) is 1.98. The number of nitrogens with one attached hydrogen (secondary N) is 1. The van der Waals surface area contributed by atoms with E-state index in [1.54, 1.807) is 0 Å². The van der Waals surface area contributed by atoms with E-state index in [0.29, 0.717) is 6.42 Å². The molecule has 0 heterocycles. The van der Waals surface area contributed by atoms with Gasteiger partial charge in [0.15, 0.2) is 0 Å². The van der Waals surface area contributed by atoms with Crippen LogP contribution in [0.5, 0.6) is 0 Å². The summed E-state index contributed by atoms with van der Waals surface area (Å²) in [6, 6.07) is 0.0664. The Morgan fingerprint density at radius 3 is 2.13 bits per heavy atom. The van der Waals surface area contributed by atoms with E-state index in [1.165, 1.54) is 0 Å². The number of aliphatic carboxylic acids is 1. The van der Waals surface area contributed by atoms with E-state index < -0.39 is 11.4 Å². The summed E-state index contributed by atoms with van der Waals surface area (Å²) in [7, 11) is 0. The molecule has 0 radical (unpaired) electrons. The highest BCUT2D eigenvalue weighted by Gasteiger charge is 2.65. The fourth-order valence-electron chi connectivity index (χ4n) is 2.11. The summed E-state index contributed by atoms with van der Waals surface area (Å²) < 4.78 is 0. The molecule has 86 valence electrons. The number of carbonyl (C=O) groups excluding carboxylic acids is 1. The van der Waals surface area contributed by atoms with E-state index in [4.69, 9.17) is 5.11 Å². The zero-order chi connectivity index (χ0) is 11.8. The smallest absolute Gasteiger partial charge is 0.310 e. The van der Waals surface area contributed by atoms with Crippen LogP contribution in [-0.2, 0) is 9.59 Å². The van der Waals surface area contributed by atoms with Crippen molar-refractivity contribution in [2.24, 2.45) is 17.3 Å². The maximum absolute atomic E-state index is 11.7. The van der Waals surface area contributed by atoms with Crippen LogP contribution in [0.15, 0.2) is 0 Å². The number of carboxylic acid groups (broad SMARTS) is 1. The van der Waals surface area contributed by atoms with Gasteiger partial charge in [-0.1, -0.05) is 13.8 Å². The first-order valence-corrected chi connectivity index (χ1v) is 5.36. The molecule has 2 unspecified atom stereocenters. The summed E-state index contributed by atoms with van der Waals surface area (Å²) in [5, 5.41) is 11.9. The Balaban J connectivity index is 2.70. The summed E-state index contributed by atoms with van der Waals surface area (Å²) in [6.07, 6.45) is 0.471. The summed E-state index contributed by atoms with van der Waals surface area (Å²) >= 11 is 0. The zero-order valence-electron chi connectivity index (χ0n) is 9.70. The van der Waals surface area contributed by atoms with E-state index in [0.717, 1.165) is 0 Å². The van der Waals surface area contributed by atoms with Gasteiger partial charge in [-0.3, -0.25) is 9.59 Å². The first kappa shape index (κ1) is 12.0. The molecule has 1 amide bonds. The van der Waals surface area contributed by atoms with Crippen LogP contribution in [0.1, 0.15) is 34.1 Å². The molecular weight excluding hydrogens is 194 g/mol. The van der Waals surface area contributed by atoms with Crippen LogP contribution in [0.25, 0.3) is 0 Å². The second-order valence-corrected chi connectivity index (χ2v) is 4.92. The molecule has 0 aromatic heterocycles. The Kier molecular flexibility index (Phi) is 3.07. The van der Waals surface area contributed by atoms with Gasteiger partial charge in [-0.25, -0.2) is 0 Å². The van der Waals surface area contributed by atoms with Crippen molar-refractivity contribution in [1.82, 2.24) is 5.32 Å². The zero-order valence-corrected chi connectivity index (χ0v) is 9.70. The van der Waals surface area contributed by atoms with E-state index in [9.17, 15) is 9.59 Å². The quantitative estimate of drug-likeness (QED) is 0.738. The van der Waals surface area contributed by atoms with E-state index in [2.05, 4.69) is 5.32 Å². The van der Waals surface area contributed by atoms with Gasteiger partial charge in [-0.15, -0.1) is 0 Å². The lowest BCUT2D eigenvalue weighted by molar-refractivity contribution is -0.147. The minimum atomic E-state index is -0.846. The van der Waals surface area contributed by atoms with Gasteiger partial charge >= 0.3 is 5.97 Å². The third-order valence-corrected chi connectivity index (χ3v) is 3.18. The average Bonchev–Trinajstić information content (AvgIpc) is 2.77. The summed E-state index contributed by atoms with van der Waals surface area (Å²) in [5.74, 6) is -1.32. The van der Waals surface area contributed by atoms with Crippen molar-refractivity contribution in [3.8, 4) is 0 Å². The van der Waals surface area contributed by atoms with Gasteiger partial charge in [0.25, 0.3) is 0 Å². The number of hydrogen-bond acceptors (Lipinski definition) is 2. The molecule has 0 aromatic rings. The van der Waals surface area contributed by atoms with Crippen LogP contribution in [0.4, 0.5) is 0 Å². The number of amides is 1. The van der Waals surface area contributed by atoms with Gasteiger partial charge in [-0.2, -0.15) is 0 Å². The van der Waals surface area contributed by atoms with E-state index in [1.807, 2.05) is 27.7 Å². The highest BCUT2D eigenvalue weighted by molar-refractivity contribution is 5.93. The van der Waals surface area contributed by atoms with Gasteiger partial charge in [0.2, 0.25) is 5.91 Å². The fraction of sp³-hybridized carbons (Fsp3) is 0.818. The number of hydrogen-bond donors (Lipinski definition) is 2. The molecule has 1 rings (SSSR count). The predicted octanol–water partition coefficient (Wildman–Crippen LogP) is 1.26. The second-order valence-electron chi connectivity index (χ2n) is 4.92. The highest BCUT2D eigenvalue weighted by atomic mass is 16.4. The SMILES string of the molecule is CC(C)NC(=O)C1CC1(C(=O)O)C(C)C. The summed E-state index contributed by atoms with van der Waals surface area (Å²) in [6.45, 7) is 7.46. The molecule has 0 saturated heterocycles. The van der Waals surface area contributed by atoms with Gasteiger partial charge in [0.05, 0.1) is 11.3 Å². The largest absolute Gasteiger partial charge is 0.481 e. The monoisotopic (exact) mass is 213 g/mol. The van der Waals surface area contributed by atoms with Gasteiger partial charge < -0.3 is 10.4 Å². The van der Waals surface area contributed by atoms with Crippen LogP contribution < -0.4 is 5.32 Å². The third-order valence-electron chi connectivity index (χ3n) is 3.18. The Hall–Kier alpha value is -1.06.